The smallest absolute Gasteiger partial charge is 0.240 e. The van der Waals surface area contributed by atoms with E-state index in [9.17, 15) is 9.18 Å². The van der Waals surface area contributed by atoms with Crippen LogP contribution >= 0.6 is 0 Å². The van der Waals surface area contributed by atoms with Crippen molar-refractivity contribution in [3.05, 3.63) is 35.6 Å². The molecule has 1 aromatic carbocycles. The van der Waals surface area contributed by atoms with Crippen LogP contribution in [0.4, 0.5) is 4.39 Å². The Hall–Kier alpha value is -1.42. The minimum Gasteiger partial charge on any atom is -0.337 e. The van der Waals surface area contributed by atoms with Gasteiger partial charge in [-0.1, -0.05) is 18.2 Å². The summed E-state index contributed by atoms with van der Waals surface area (Å²) in [6.45, 7) is 3.21. The molecule has 3 rings (SSSR count). The molecule has 0 N–H and O–H groups in total. The summed E-state index contributed by atoms with van der Waals surface area (Å²) in [4.78, 5) is 16.7. The van der Waals surface area contributed by atoms with Gasteiger partial charge in [-0.2, -0.15) is 0 Å². The monoisotopic (exact) mass is 276 g/mol. The molecule has 1 aromatic rings. The van der Waals surface area contributed by atoms with Gasteiger partial charge in [-0.05, 0) is 44.8 Å². The van der Waals surface area contributed by atoms with Gasteiger partial charge in [0.25, 0.3) is 0 Å². The standard InChI is InChI=1S/C16H21FN2O/c17-14-7-2-1-6-13(14)12-19-11-5-8-15(16(19)20)18-9-3-4-10-18/h1-2,6-7,15H,3-5,8-12H2. The average molecular weight is 276 g/mol. The third-order valence-corrected chi connectivity index (χ3v) is 4.40. The number of hydrogen-bond donors (Lipinski definition) is 0. The Balaban J connectivity index is 1.70. The van der Waals surface area contributed by atoms with Crippen LogP contribution in [0.15, 0.2) is 24.3 Å². The maximum Gasteiger partial charge on any atom is 0.240 e. The number of rotatable bonds is 3. The highest BCUT2D eigenvalue weighted by atomic mass is 19.1. The maximum atomic E-state index is 13.7. The van der Waals surface area contributed by atoms with Gasteiger partial charge in [0.05, 0.1) is 6.04 Å². The van der Waals surface area contributed by atoms with Gasteiger partial charge in [0, 0.05) is 18.7 Å². The van der Waals surface area contributed by atoms with Crippen molar-refractivity contribution < 1.29 is 9.18 Å². The SMILES string of the molecule is O=C1C(N2CCCC2)CCCN1Cc1ccccc1F. The van der Waals surface area contributed by atoms with Crippen LogP contribution in [0.5, 0.6) is 0 Å². The van der Waals surface area contributed by atoms with Crippen molar-refractivity contribution in [2.75, 3.05) is 19.6 Å². The number of piperidine rings is 1. The summed E-state index contributed by atoms with van der Waals surface area (Å²) >= 11 is 0. The lowest BCUT2D eigenvalue weighted by Gasteiger charge is -2.36. The predicted molar refractivity (Wildman–Crippen MR) is 75.6 cm³/mol. The fraction of sp³-hybridized carbons (Fsp3) is 0.562. The topological polar surface area (TPSA) is 23.6 Å². The second-order valence-electron chi connectivity index (χ2n) is 5.75. The van der Waals surface area contributed by atoms with Crippen molar-refractivity contribution in [2.24, 2.45) is 0 Å². The summed E-state index contributed by atoms with van der Waals surface area (Å²) in [5, 5.41) is 0. The Bertz CT molecular complexity index is 485. The highest BCUT2D eigenvalue weighted by molar-refractivity contribution is 5.82. The highest BCUT2D eigenvalue weighted by Gasteiger charge is 2.34. The van der Waals surface area contributed by atoms with E-state index in [2.05, 4.69) is 4.90 Å². The van der Waals surface area contributed by atoms with E-state index in [-0.39, 0.29) is 17.8 Å². The molecule has 0 spiro atoms. The zero-order valence-corrected chi connectivity index (χ0v) is 11.7. The summed E-state index contributed by atoms with van der Waals surface area (Å²) in [6, 6.07) is 6.76. The van der Waals surface area contributed by atoms with Crippen LogP contribution < -0.4 is 0 Å². The lowest BCUT2D eigenvalue weighted by atomic mass is 10.0. The van der Waals surface area contributed by atoms with Gasteiger partial charge in [0.2, 0.25) is 5.91 Å². The molecule has 0 bridgehead atoms. The number of likely N-dealkylation sites (tertiary alicyclic amines) is 2. The zero-order valence-electron chi connectivity index (χ0n) is 11.7. The molecule has 0 aliphatic carbocycles. The average Bonchev–Trinajstić information content (AvgIpc) is 2.97. The van der Waals surface area contributed by atoms with Crippen molar-refractivity contribution in [2.45, 2.75) is 38.3 Å². The molecule has 4 heteroatoms. The molecule has 2 aliphatic heterocycles. The fourth-order valence-electron chi connectivity index (χ4n) is 3.30. The minimum absolute atomic E-state index is 0.0259. The predicted octanol–water partition coefficient (Wildman–Crippen LogP) is 2.41. The van der Waals surface area contributed by atoms with E-state index in [0.717, 1.165) is 32.5 Å². The first-order chi connectivity index (χ1) is 9.75. The first-order valence-corrected chi connectivity index (χ1v) is 7.52. The fourth-order valence-corrected chi connectivity index (χ4v) is 3.30. The van der Waals surface area contributed by atoms with Gasteiger partial charge in [0.15, 0.2) is 0 Å². The number of carbonyl (C=O) groups is 1. The van der Waals surface area contributed by atoms with E-state index in [1.54, 1.807) is 12.1 Å². The van der Waals surface area contributed by atoms with Crippen LogP contribution in [0, 0.1) is 5.82 Å². The number of nitrogens with zero attached hydrogens (tertiary/aromatic N) is 2. The first kappa shape index (κ1) is 13.6. The third-order valence-electron chi connectivity index (χ3n) is 4.40. The molecule has 3 nitrogen and oxygen atoms in total. The van der Waals surface area contributed by atoms with Gasteiger partial charge in [-0.3, -0.25) is 9.69 Å². The Morgan fingerprint density at radius 1 is 1.10 bits per heavy atom. The number of halogens is 1. The van der Waals surface area contributed by atoms with Crippen molar-refractivity contribution in [1.82, 2.24) is 9.80 Å². The quantitative estimate of drug-likeness (QED) is 0.846. The van der Waals surface area contributed by atoms with Gasteiger partial charge in [0.1, 0.15) is 5.82 Å². The van der Waals surface area contributed by atoms with E-state index < -0.39 is 0 Å². The Morgan fingerprint density at radius 2 is 1.85 bits per heavy atom. The molecule has 0 saturated carbocycles. The van der Waals surface area contributed by atoms with Crippen LogP contribution in [-0.4, -0.2) is 41.4 Å². The minimum atomic E-state index is -0.219. The second-order valence-corrected chi connectivity index (χ2v) is 5.75. The summed E-state index contributed by atoms with van der Waals surface area (Å²) < 4.78 is 13.7. The molecule has 0 radical (unpaired) electrons. The number of amides is 1. The largest absolute Gasteiger partial charge is 0.337 e. The molecule has 2 saturated heterocycles. The highest BCUT2D eigenvalue weighted by Crippen LogP contribution is 2.23. The molecule has 2 fully saturated rings. The van der Waals surface area contributed by atoms with Crippen LogP contribution in [0.3, 0.4) is 0 Å². The van der Waals surface area contributed by atoms with Crippen LogP contribution in [-0.2, 0) is 11.3 Å². The lowest BCUT2D eigenvalue weighted by Crippen LogP contribution is -2.51. The number of hydrogen-bond acceptors (Lipinski definition) is 2. The normalized spacial score (nSPS) is 24.4. The molecule has 108 valence electrons. The lowest BCUT2D eigenvalue weighted by molar-refractivity contribution is -0.140. The van der Waals surface area contributed by atoms with Gasteiger partial charge in [-0.25, -0.2) is 4.39 Å². The maximum absolute atomic E-state index is 13.7. The molecular weight excluding hydrogens is 255 g/mol. The summed E-state index contributed by atoms with van der Waals surface area (Å²) in [5.41, 5.74) is 0.614. The Morgan fingerprint density at radius 3 is 2.60 bits per heavy atom. The molecule has 1 amide bonds. The van der Waals surface area contributed by atoms with Crippen molar-refractivity contribution >= 4 is 5.91 Å². The Kier molecular flexibility index (Phi) is 4.01. The summed E-state index contributed by atoms with van der Waals surface area (Å²) in [5.74, 6) is -0.0370. The van der Waals surface area contributed by atoms with Crippen LogP contribution in [0.25, 0.3) is 0 Å². The van der Waals surface area contributed by atoms with E-state index in [4.69, 9.17) is 0 Å². The molecule has 1 atom stereocenters. The van der Waals surface area contributed by atoms with Crippen LogP contribution in [0.2, 0.25) is 0 Å². The number of benzene rings is 1. The number of carbonyl (C=O) groups excluding carboxylic acids is 1. The molecule has 0 aromatic heterocycles. The molecular formula is C16H21FN2O. The summed E-state index contributed by atoms with van der Waals surface area (Å²) in [6.07, 6.45) is 4.35. The zero-order chi connectivity index (χ0) is 13.9. The third kappa shape index (κ3) is 2.70. The van der Waals surface area contributed by atoms with E-state index in [0.29, 0.717) is 12.1 Å². The van der Waals surface area contributed by atoms with E-state index >= 15 is 0 Å². The molecule has 2 aliphatic rings. The second kappa shape index (κ2) is 5.92. The van der Waals surface area contributed by atoms with Crippen molar-refractivity contribution in [3.8, 4) is 0 Å². The van der Waals surface area contributed by atoms with E-state index in [1.807, 2.05) is 11.0 Å². The molecule has 20 heavy (non-hydrogen) atoms. The van der Waals surface area contributed by atoms with Gasteiger partial charge >= 0.3 is 0 Å². The van der Waals surface area contributed by atoms with E-state index in [1.165, 1.54) is 18.9 Å². The van der Waals surface area contributed by atoms with Gasteiger partial charge in [-0.15, -0.1) is 0 Å². The van der Waals surface area contributed by atoms with Crippen molar-refractivity contribution in [3.63, 3.8) is 0 Å². The first-order valence-electron chi connectivity index (χ1n) is 7.52. The molecule has 1 unspecified atom stereocenters. The Labute approximate surface area is 119 Å². The molecule has 2 heterocycles. The van der Waals surface area contributed by atoms with Crippen LogP contribution in [0.1, 0.15) is 31.2 Å². The summed E-state index contributed by atoms with van der Waals surface area (Å²) in [7, 11) is 0. The van der Waals surface area contributed by atoms with Gasteiger partial charge < -0.3 is 4.90 Å². The van der Waals surface area contributed by atoms with Crippen molar-refractivity contribution in [1.29, 1.82) is 0 Å².